The van der Waals surface area contributed by atoms with E-state index in [1.54, 1.807) is 41.2 Å². The number of imidazole rings is 1. The minimum absolute atomic E-state index is 0.0328. The monoisotopic (exact) mass is 401 g/mol. The average Bonchev–Trinajstić information content (AvgIpc) is 3.17. The molecule has 4 aromatic rings. The number of non-ortho nitro benzene ring substituents is 1. The lowest BCUT2D eigenvalue weighted by molar-refractivity contribution is -0.384. The van der Waals surface area contributed by atoms with E-state index in [1.807, 2.05) is 19.9 Å². The van der Waals surface area contributed by atoms with E-state index in [-0.39, 0.29) is 11.6 Å². The van der Waals surface area contributed by atoms with E-state index < -0.39 is 4.92 Å². The largest absolute Gasteiger partial charge is 0.368 e. The highest BCUT2D eigenvalue weighted by Crippen LogP contribution is 2.27. The number of hydrogen-bond donors (Lipinski definition) is 1. The third-order valence-corrected chi connectivity index (χ3v) is 4.25. The SMILES string of the molecule is CC.N#Cc1cccc(-c2nc(N)nc3c2ncn3Cc2ccc([N+](=O)[O-])cc2)c1. The molecule has 2 heterocycles. The van der Waals surface area contributed by atoms with Crippen LogP contribution in [0.25, 0.3) is 22.4 Å². The van der Waals surface area contributed by atoms with Crippen LogP contribution >= 0.6 is 0 Å². The van der Waals surface area contributed by atoms with Crippen molar-refractivity contribution in [2.24, 2.45) is 0 Å². The van der Waals surface area contributed by atoms with Gasteiger partial charge < -0.3 is 10.3 Å². The number of nitrogen functional groups attached to an aromatic ring is 1. The molecule has 0 saturated heterocycles. The van der Waals surface area contributed by atoms with Crippen LogP contribution in [0.4, 0.5) is 11.6 Å². The van der Waals surface area contributed by atoms with Crippen LogP contribution in [0.5, 0.6) is 0 Å². The first-order valence-corrected chi connectivity index (χ1v) is 9.27. The summed E-state index contributed by atoms with van der Waals surface area (Å²) in [5.74, 6) is 0.0929. The maximum atomic E-state index is 10.8. The van der Waals surface area contributed by atoms with Gasteiger partial charge in [0.25, 0.3) is 5.69 Å². The van der Waals surface area contributed by atoms with E-state index in [4.69, 9.17) is 11.0 Å². The van der Waals surface area contributed by atoms with Crippen molar-refractivity contribution in [1.29, 1.82) is 5.26 Å². The smallest absolute Gasteiger partial charge is 0.269 e. The Morgan fingerprint density at radius 2 is 1.90 bits per heavy atom. The van der Waals surface area contributed by atoms with Crippen LogP contribution in [0.1, 0.15) is 25.0 Å². The number of aromatic nitrogens is 4. The second kappa shape index (κ2) is 8.79. The Morgan fingerprint density at radius 1 is 1.17 bits per heavy atom. The highest BCUT2D eigenvalue weighted by atomic mass is 16.6. The van der Waals surface area contributed by atoms with Gasteiger partial charge in [0.2, 0.25) is 5.95 Å². The fourth-order valence-corrected chi connectivity index (χ4v) is 2.93. The zero-order valence-corrected chi connectivity index (χ0v) is 16.5. The predicted molar refractivity (Wildman–Crippen MR) is 113 cm³/mol. The van der Waals surface area contributed by atoms with Crippen LogP contribution in [-0.2, 0) is 6.54 Å². The van der Waals surface area contributed by atoms with Crippen molar-refractivity contribution in [3.63, 3.8) is 0 Å². The number of anilines is 1. The second-order valence-corrected chi connectivity index (χ2v) is 6.09. The van der Waals surface area contributed by atoms with Crippen molar-refractivity contribution in [3.05, 3.63) is 76.1 Å². The summed E-state index contributed by atoms with van der Waals surface area (Å²) in [5.41, 5.74) is 9.67. The lowest BCUT2D eigenvalue weighted by atomic mass is 10.1. The van der Waals surface area contributed by atoms with Gasteiger partial charge in [0.05, 0.1) is 29.4 Å². The van der Waals surface area contributed by atoms with Crippen LogP contribution in [-0.4, -0.2) is 24.4 Å². The Morgan fingerprint density at radius 3 is 2.57 bits per heavy atom. The van der Waals surface area contributed by atoms with Crippen LogP contribution in [0.3, 0.4) is 0 Å². The van der Waals surface area contributed by atoms with E-state index in [2.05, 4.69) is 21.0 Å². The predicted octanol–water partition coefficient (Wildman–Crippen LogP) is 3.93. The molecule has 0 aliphatic rings. The summed E-state index contributed by atoms with van der Waals surface area (Å²) in [6, 6.07) is 15.4. The highest BCUT2D eigenvalue weighted by molar-refractivity contribution is 5.88. The Balaban J connectivity index is 0.00000124. The molecule has 0 spiro atoms. The van der Waals surface area contributed by atoms with Crippen molar-refractivity contribution < 1.29 is 4.92 Å². The third kappa shape index (κ3) is 4.07. The summed E-state index contributed by atoms with van der Waals surface area (Å²) in [5, 5.41) is 19.9. The molecule has 4 rings (SSSR count). The summed E-state index contributed by atoms with van der Waals surface area (Å²) in [7, 11) is 0. The second-order valence-electron chi connectivity index (χ2n) is 6.09. The van der Waals surface area contributed by atoms with E-state index >= 15 is 0 Å². The van der Waals surface area contributed by atoms with Crippen molar-refractivity contribution in [2.45, 2.75) is 20.4 Å². The summed E-state index contributed by atoms with van der Waals surface area (Å²) >= 11 is 0. The molecule has 0 saturated carbocycles. The number of benzene rings is 2. The molecule has 2 aromatic carbocycles. The van der Waals surface area contributed by atoms with Crippen molar-refractivity contribution in [2.75, 3.05) is 5.73 Å². The van der Waals surface area contributed by atoms with Gasteiger partial charge in [-0.1, -0.05) is 38.1 Å². The van der Waals surface area contributed by atoms with Gasteiger partial charge in [0.15, 0.2) is 5.65 Å². The minimum Gasteiger partial charge on any atom is -0.368 e. The van der Waals surface area contributed by atoms with Crippen LogP contribution in [0.2, 0.25) is 0 Å². The number of hydrogen-bond acceptors (Lipinski definition) is 7. The molecule has 30 heavy (non-hydrogen) atoms. The normalized spacial score (nSPS) is 10.2. The zero-order valence-electron chi connectivity index (χ0n) is 16.5. The minimum atomic E-state index is -0.439. The molecule has 0 unspecified atom stereocenters. The Labute approximate surface area is 172 Å². The lowest BCUT2D eigenvalue weighted by Crippen LogP contribution is -2.03. The van der Waals surface area contributed by atoms with E-state index in [1.165, 1.54) is 12.1 Å². The quantitative estimate of drug-likeness (QED) is 0.404. The standard InChI is InChI=1S/C19H13N7O2.C2H6/c20-9-13-2-1-3-14(8-13)16-17-18(24-19(21)23-16)25(11-22-17)10-12-4-6-15(7-5-12)26(27)28;1-2/h1-8,11H,10H2,(H2,21,23,24);1-2H3. The molecule has 0 amide bonds. The van der Waals surface area contributed by atoms with Gasteiger partial charge in [-0.25, -0.2) is 9.97 Å². The van der Waals surface area contributed by atoms with E-state index in [0.717, 1.165) is 11.1 Å². The maximum absolute atomic E-state index is 10.8. The van der Waals surface area contributed by atoms with Gasteiger partial charge >= 0.3 is 0 Å². The molecule has 9 nitrogen and oxygen atoms in total. The van der Waals surface area contributed by atoms with Crippen LogP contribution < -0.4 is 5.73 Å². The first-order valence-electron chi connectivity index (χ1n) is 9.27. The summed E-state index contributed by atoms with van der Waals surface area (Å²) in [6.07, 6.45) is 1.62. The molecule has 0 bridgehead atoms. The molecule has 0 aliphatic carbocycles. The van der Waals surface area contributed by atoms with Crippen molar-refractivity contribution in [3.8, 4) is 17.3 Å². The van der Waals surface area contributed by atoms with Crippen molar-refractivity contribution >= 4 is 22.8 Å². The van der Waals surface area contributed by atoms with Gasteiger partial charge in [0.1, 0.15) is 11.2 Å². The third-order valence-electron chi connectivity index (χ3n) is 4.25. The zero-order chi connectivity index (χ0) is 21.7. The van der Waals surface area contributed by atoms with Crippen LogP contribution in [0, 0.1) is 21.4 Å². The van der Waals surface area contributed by atoms with Gasteiger partial charge in [0, 0.05) is 17.7 Å². The molecule has 0 aliphatic heterocycles. The molecular formula is C21H19N7O2. The Kier molecular flexibility index (Phi) is 5.98. The summed E-state index contributed by atoms with van der Waals surface area (Å²) in [6.45, 7) is 4.42. The van der Waals surface area contributed by atoms with Gasteiger partial charge in [-0.2, -0.15) is 10.2 Å². The fraction of sp³-hybridized carbons (Fsp3) is 0.143. The highest BCUT2D eigenvalue weighted by Gasteiger charge is 2.15. The first kappa shape index (κ1) is 20.4. The van der Waals surface area contributed by atoms with Crippen LogP contribution in [0.15, 0.2) is 54.9 Å². The number of rotatable bonds is 4. The van der Waals surface area contributed by atoms with Crippen molar-refractivity contribution in [1.82, 2.24) is 19.5 Å². The van der Waals surface area contributed by atoms with Gasteiger partial charge in [-0.05, 0) is 17.7 Å². The van der Waals surface area contributed by atoms with E-state index in [9.17, 15) is 10.1 Å². The molecular weight excluding hydrogens is 382 g/mol. The number of nitrogens with two attached hydrogens (primary N) is 1. The number of nitro benzene ring substituents is 1. The number of nitrogens with zero attached hydrogens (tertiary/aromatic N) is 6. The topological polar surface area (TPSA) is 137 Å². The summed E-state index contributed by atoms with van der Waals surface area (Å²) in [4.78, 5) is 23.4. The molecule has 0 atom stereocenters. The molecule has 9 heteroatoms. The molecule has 150 valence electrons. The Bertz CT molecular complexity index is 1240. The van der Waals surface area contributed by atoms with Gasteiger partial charge in [-0.3, -0.25) is 10.1 Å². The first-order chi connectivity index (χ1) is 14.5. The molecule has 0 radical (unpaired) electrons. The molecule has 2 aromatic heterocycles. The van der Waals surface area contributed by atoms with E-state index in [0.29, 0.717) is 29.0 Å². The fourth-order valence-electron chi connectivity index (χ4n) is 2.93. The number of nitriles is 1. The molecule has 0 fully saturated rings. The maximum Gasteiger partial charge on any atom is 0.269 e. The molecule has 2 N–H and O–H groups in total. The number of nitro groups is 1. The Hall–Kier alpha value is -4.32. The lowest BCUT2D eigenvalue weighted by Gasteiger charge is -2.07. The van der Waals surface area contributed by atoms with Gasteiger partial charge in [-0.15, -0.1) is 0 Å². The summed E-state index contributed by atoms with van der Waals surface area (Å²) < 4.78 is 1.80. The number of fused-ring (bicyclic) bond motifs is 1. The average molecular weight is 401 g/mol.